The van der Waals surface area contributed by atoms with Crippen LogP contribution in [0.15, 0.2) is 47.2 Å². The molecule has 142 valence electrons. The van der Waals surface area contributed by atoms with E-state index in [1.165, 1.54) is 10.9 Å². The number of carbonyl (C=O) groups is 1. The SMILES string of the molecule is C[Si](C)(C)C#CC(=O)N1CCc2c([nH]c3ccccc23)C1c1ccc(Br)nc1. The predicted octanol–water partition coefficient (Wildman–Crippen LogP) is 4.68. The van der Waals surface area contributed by atoms with Gasteiger partial charge in [0.15, 0.2) is 0 Å². The Bertz CT molecular complexity index is 1100. The van der Waals surface area contributed by atoms with E-state index in [2.05, 4.69) is 75.2 Å². The number of para-hydroxylation sites is 1. The molecule has 0 spiro atoms. The zero-order valence-corrected chi connectivity index (χ0v) is 18.8. The number of hydrogen-bond donors (Lipinski definition) is 1. The first-order valence-corrected chi connectivity index (χ1v) is 13.7. The van der Waals surface area contributed by atoms with Gasteiger partial charge in [-0.3, -0.25) is 4.79 Å². The Kier molecular flexibility index (Phi) is 4.90. The van der Waals surface area contributed by atoms with Gasteiger partial charge in [0.2, 0.25) is 0 Å². The summed E-state index contributed by atoms with van der Waals surface area (Å²) in [6, 6.07) is 12.1. The van der Waals surface area contributed by atoms with E-state index in [9.17, 15) is 4.79 Å². The fourth-order valence-corrected chi connectivity index (χ4v) is 4.38. The second-order valence-electron chi connectivity index (χ2n) is 8.13. The number of nitrogens with zero attached hydrogens (tertiary/aromatic N) is 2. The van der Waals surface area contributed by atoms with Crippen molar-refractivity contribution in [2.45, 2.75) is 32.1 Å². The van der Waals surface area contributed by atoms with Gasteiger partial charge in [-0.05, 0) is 51.5 Å². The van der Waals surface area contributed by atoms with Gasteiger partial charge < -0.3 is 9.88 Å². The molecule has 2 aromatic heterocycles. The molecule has 28 heavy (non-hydrogen) atoms. The molecule has 3 aromatic rings. The van der Waals surface area contributed by atoms with Crippen LogP contribution in [0.25, 0.3) is 10.9 Å². The van der Waals surface area contributed by atoms with E-state index >= 15 is 0 Å². The number of H-pyrrole nitrogens is 1. The monoisotopic (exact) mass is 451 g/mol. The first-order valence-electron chi connectivity index (χ1n) is 9.38. The lowest BCUT2D eigenvalue weighted by Crippen LogP contribution is -2.40. The molecule has 0 fully saturated rings. The lowest BCUT2D eigenvalue weighted by Gasteiger charge is -2.34. The van der Waals surface area contributed by atoms with Crippen LogP contribution in [0.5, 0.6) is 0 Å². The topological polar surface area (TPSA) is 49.0 Å². The third-order valence-corrected chi connectivity index (χ3v) is 6.25. The number of rotatable bonds is 1. The number of benzene rings is 1. The molecule has 1 aliphatic heterocycles. The van der Waals surface area contributed by atoms with Crippen molar-refractivity contribution in [1.29, 1.82) is 0 Å². The largest absolute Gasteiger partial charge is 0.356 e. The van der Waals surface area contributed by atoms with Gasteiger partial charge in [0.1, 0.15) is 12.7 Å². The highest BCUT2D eigenvalue weighted by molar-refractivity contribution is 9.10. The number of aromatic nitrogens is 2. The summed E-state index contributed by atoms with van der Waals surface area (Å²) in [4.78, 5) is 22.9. The number of fused-ring (bicyclic) bond motifs is 3. The van der Waals surface area contributed by atoms with Crippen molar-refractivity contribution in [1.82, 2.24) is 14.9 Å². The molecule has 0 aliphatic carbocycles. The van der Waals surface area contributed by atoms with Crippen molar-refractivity contribution in [2.75, 3.05) is 6.54 Å². The van der Waals surface area contributed by atoms with Gasteiger partial charge in [0.05, 0.1) is 6.04 Å². The van der Waals surface area contributed by atoms with E-state index in [1.54, 1.807) is 0 Å². The summed E-state index contributed by atoms with van der Waals surface area (Å²) in [6.45, 7) is 7.09. The van der Waals surface area contributed by atoms with Gasteiger partial charge in [-0.2, -0.15) is 0 Å². The number of aromatic amines is 1. The number of amides is 1. The molecule has 0 saturated carbocycles. The maximum atomic E-state index is 13.1. The van der Waals surface area contributed by atoms with Crippen molar-refractivity contribution in [2.24, 2.45) is 0 Å². The van der Waals surface area contributed by atoms with E-state index < -0.39 is 8.07 Å². The highest BCUT2D eigenvalue weighted by Gasteiger charge is 2.34. The minimum absolute atomic E-state index is 0.111. The zero-order valence-electron chi connectivity index (χ0n) is 16.2. The lowest BCUT2D eigenvalue weighted by atomic mass is 9.93. The first kappa shape index (κ1) is 19.0. The second-order valence-corrected chi connectivity index (χ2v) is 13.7. The van der Waals surface area contributed by atoms with Gasteiger partial charge in [-0.15, -0.1) is 5.54 Å². The van der Waals surface area contributed by atoms with Crippen LogP contribution < -0.4 is 0 Å². The summed E-state index contributed by atoms with van der Waals surface area (Å²) < 4.78 is 0.778. The van der Waals surface area contributed by atoms with Crippen LogP contribution in [0.4, 0.5) is 0 Å². The minimum Gasteiger partial charge on any atom is -0.356 e. The van der Waals surface area contributed by atoms with Crippen LogP contribution in [0.3, 0.4) is 0 Å². The highest BCUT2D eigenvalue weighted by atomic mass is 79.9. The van der Waals surface area contributed by atoms with Crippen molar-refractivity contribution < 1.29 is 4.79 Å². The molecule has 0 saturated heterocycles. The molecule has 4 rings (SSSR count). The van der Waals surface area contributed by atoms with E-state index in [1.807, 2.05) is 29.3 Å². The van der Waals surface area contributed by atoms with Crippen LogP contribution >= 0.6 is 15.9 Å². The molecule has 6 heteroatoms. The molecule has 4 nitrogen and oxygen atoms in total. The number of halogens is 1. The second kappa shape index (κ2) is 7.23. The van der Waals surface area contributed by atoms with Gasteiger partial charge in [0, 0.05) is 29.3 Å². The summed E-state index contributed by atoms with van der Waals surface area (Å²) in [7, 11) is -1.63. The third-order valence-electron chi connectivity index (χ3n) is 4.91. The molecule has 1 aliphatic rings. The molecule has 0 bridgehead atoms. The molecule has 1 N–H and O–H groups in total. The molecule has 1 atom stereocenters. The van der Waals surface area contributed by atoms with Crippen molar-refractivity contribution in [3.8, 4) is 11.5 Å². The Labute approximate surface area is 174 Å². The Morgan fingerprint density at radius 1 is 1.25 bits per heavy atom. The maximum Gasteiger partial charge on any atom is 0.298 e. The number of carbonyl (C=O) groups excluding carboxylic acids is 1. The van der Waals surface area contributed by atoms with Crippen LogP contribution in [0, 0.1) is 11.5 Å². The molecular weight excluding hydrogens is 430 g/mol. The zero-order chi connectivity index (χ0) is 19.9. The van der Waals surface area contributed by atoms with Crippen molar-refractivity contribution in [3.63, 3.8) is 0 Å². The summed E-state index contributed by atoms with van der Waals surface area (Å²) >= 11 is 3.40. The summed E-state index contributed by atoms with van der Waals surface area (Å²) in [5, 5.41) is 1.23. The van der Waals surface area contributed by atoms with Gasteiger partial charge >= 0.3 is 0 Å². The fraction of sp³-hybridized carbons (Fsp3) is 0.273. The summed E-state index contributed by atoms with van der Waals surface area (Å²) in [5.41, 5.74) is 7.65. The van der Waals surface area contributed by atoms with E-state index in [4.69, 9.17) is 0 Å². The Balaban J connectivity index is 1.84. The number of nitrogens with one attached hydrogen (secondary N) is 1. The normalized spacial score (nSPS) is 16.4. The van der Waals surface area contributed by atoms with Crippen LogP contribution in [-0.4, -0.2) is 35.4 Å². The van der Waals surface area contributed by atoms with Crippen LogP contribution in [0.1, 0.15) is 22.9 Å². The Morgan fingerprint density at radius 3 is 2.75 bits per heavy atom. The highest BCUT2D eigenvalue weighted by Crippen LogP contribution is 2.38. The van der Waals surface area contributed by atoms with Crippen LogP contribution in [-0.2, 0) is 11.2 Å². The van der Waals surface area contributed by atoms with Crippen LogP contribution in [0.2, 0.25) is 19.6 Å². The molecule has 3 heterocycles. The lowest BCUT2D eigenvalue weighted by molar-refractivity contribution is -0.127. The quantitative estimate of drug-likeness (QED) is 0.331. The van der Waals surface area contributed by atoms with Gasteiger partial charge in [-0.25, -0.2) is 4.98 Å². The third kappa shape index (κ3) is 3.65. The molecular formula is C22H22BrN3OSi. The average Bonchev–Trinajstić information content (AvgIpc) is 3.04. The first-order chi connectivity index (χ1) is 13.3. The smallest absolute Gasteiger partial charge is 0.298 e. The van der Waals surface area contributed by atoms with E-state index in [0.717, 1.165) is 27.8 Å². The van der Waals surface area contributed by atoms with Gasteiger partial charge in [0.25, 0.3) is 5.91 Å². The Morgan fingerprint density at radius 2 is 2.04 bits per heavy atom. The van der Waals surface area contributed by atoms with Crippen molar-refractivity contribution >= 4 is 40.8 Å². The summed E-state index contributed by atoms with van der Waals surface area (Å²) in [5.74, 6) is 2.81. The summed E-state index contributed by atoms with van der Waals surface area (Å²) in [6.07, 6.45) is 2.65. The van der Waals surface area contributed by atoms with E-state index in [0.29, 0.717) is 6.54 Å². The molecule has 1 amide bonds. The molecule has 1 aromatic carbocycles. The minimum atomic E-state index is -1.63. The Hall–Kier alpha value is -2.36. The predicted molar refractivity (Wildman–Crippen MR) is 119 cm³/mol. The fourth-order valence-electron chi connectivity index (χ4n) is 3.67. The molecule has 1 unspecified atom stereocenters. The van der Waals surface area contributed by atoms with Gasteiger partial charge in [-0.1, -0.05) is 43.9 Å². The standard InChI is InChI=1S/C22H22BrN3OSi/c1-28(2,3)13-11-20(27)26-12-10-17-16-6-4-5-7-18(16)25-21(17)22(26)15-8-9-19(23)24-14-15/h4-9,14,22,25H,10,12H2,1-3H3. The average molecular weight is 452 g/mol. The molecule has 0 radical (unpaired) electrons. The van der Waals surface area contributed by atoms with Crippen molar-refractivity contribution in [3.05, 3.63) is 64.0 Å². The maximum absolute atomic E-state index is 13.1. The number of pyridine rings is 1. The van der Waals surface area contributed by atoms with E-state index in [-0.39, 0.29) is 11.9 Å². The number of hydrogen-bond acceptors (Lipinski definition) is 2.